The molecule has 5 rings (SSSR count). The van der Waals surface area contributed by atoms with Gasteiger partial charge in [-0.25, -0.2) is 4.98 Å². The molecule has 0 radical (unpaired) electrons. The average Bonchev–Trinajstić information content (AvgIpc) is 3.32. The van der Waals surface area contributed by atoms with Gasteiger partial charge in [0.05, 0.1) is 5.69 Å². The van der Waals surface area contributed by atoms with Crippen molar-refractivity contribution in [2.24, 2.45) is 0 Å². The molecule has 0 bridgehead atoms. The van der Waals surface area contributed by atoms with Crippen LogP contribution in [0.2, 0.25) is 0 Å². The maximum Gasteiger partial charge on any atom is 0.300 e. The summed E-state index contributed by atoms with van der Waals surface area (Å²) in [7, 11) is 0. The monoisotopic (exact) mass is 508 g/mol. The molecule has 8 heteroatoms. The van der Waals surface area contributed by atoms with E-state index in [4.69, 9.17) is 13.9 Å². The number of carbonyl (C=O) groups is 1. The summed E-state index contributed by atoms with van der Waals surface area (Å²) in [5, 5.41) is 6.01. The first kappa shape index (κ1) is 24.8. The molecule has 0 atom stereocenters. The number of carbonyl (C=O) groups excluding carboxylic acids is 1. The molecule has 2 N–H and O–H groups in total. The minimum absolute atomic E-state index is 0.105. The Labute approximate surface area is 220 Å². The van der Waals surface area contributed by atoms with E-state index in [1.807, 2.05) is 48.5 Å². The number of para-hydroxylation sites is 3. The first-order valence-corrected chi connectivity index (χ1v) is 12.2. The second kappa shape index (κ2) is 10.6. The Morgan fingerprint density at radius 2 is 1.66 bits per heavy atom. The van der Waals surface area contributed by atoms with Gasteiger partial charge >= 0.3 is 0 Å². The Morgan fingerprint density at radius 1 is 0.895 bits per heavy atom. The predicted molar refractivity (Wildman–Crippen MR) is 147 cm³/mol. The molecular formula is C30H28N4O4. The van der Waals surface area contributed by atoms with Crippen LogP contribution in [-0.4, -0.2) is 22.5 Å². The third-order valence-electron chi connectivity index (χ3n) is 5.72. The van der Waals surface area contributed by atoms with Crippen molar-refractivity contribution in [1.29, 1.82) is 0 Å². The highest BCUT2D eigenvalue weighted by molar-refractivity contribution is 6.00. The van der Waals surface area contributed by atoms with Crippen molar-refractivity contribution in [2.75, 3.05) is 17.2 Å². The van der Waals surface area contributed by atoms with Crippen LogP contribution in [0.15, 0.2) is 95.5 Å². The van der Waals surface area contributed by atoms with Gasteiger partial charge in [-0.05, 0) is 47.9 Å². The number of oxazole rings is 1. The molecule has 2 aromatic heterocycles. The number of nitrogens with zero attached hydrogens (tertiary/aromatic N) is 2. The number of hydrogen-bond donors (Lipinski definition) is 2. The quantitative estimate of drug-likeness (QED) is 0.231. The highest BCUT2D eigenvalue weighted by atomic mass is 16.5. The Hall–Kier alpha value is -4.85. The standard InChI is InChI=1S/C30H28N4O4/c1-30(2,3)21-13-7-8-16-24(21)37-28-23(15-10-18-31-28)33-29-34-27-22(14-9-17-25(27)38-29)32-26(35)19-36-20-11-5-4-6-12-20/h4-18H,19H2,1-3H3,(H,32,35)(H,33,34). The van der Waals surface area contributed by atoms with Crippen LogP contribution in [0.5, 0.6) is 17.4 Å². The van der Waals surface area contributed by atoms with E-state index in [2.05, 4.69) is 41.4 Å². The highest BCUT2D eigenvalue weighted by Gasteiger charge is 2.20. The lowest BCUT2D eigenvalue weighted by Gasteiger charge is -2.22. The molecule has 1 amide bonds. The van der Waals surface area contributed by atoms with Crippen molar-refractivity contribution in [3.8, 4) is 17.4 Å². The SMILES string of the molecule is CC(C)(C)c1ccccc1Oc1ncccc1Nc1nc2c(NC(=O)COc3ccccc3)cccc2o1. The largest absolute Gasteiger partial charge is 0.484 e. The number of pyridine rings is 1. The summed E-state index contributed by atoms with van der Waals surface area (Å²) in [5.41, 5.74) is 3.08. The van der Waals surface area contributed by atoms with Crippen LogP contribution in [0, 0.1) is 0 Å². The van der Waals surface area contributed by atoms with Crippen molar-refractivity contribution in [1.82, 2.24) is 9.97 Å². The van der Waals surface area contributed by atoms with Gasteiger partial charge in [-0.15, -0.1) is 0 Å². The van der Waals surface area contributed by atoms with Gasteiger partial charge in [0.15, 0.2) is 12.2 Å². The summed E-state index contributed by atoms with van der Waals surface area (Å²) in [6.07, 6.45) is 1.66. The Balaban J connectivity index is 1.34. The molecule has 0 aliphatic carbocycles. The van der Waals surface area contributed by atoms with Crippen LogP contribution < -0.4 is 20.1 Å². The summed E-state index contributed by atoms with van der Waals surface area (Å²) in [6.45, 7) is 6.27. The minimum atomic E-state index is -0.306. The first-order chi connectivity index (χ1) is 18.4. The molecule has 0 saturated heterocycles. The normalized spacial score (nSPS) is 11.2. The van der Waals surface area contributed by atoms with Gasteiger partial charge in [0.25, 0.3) is 11.9 Å². The average molecular weight is 509 g/mol. The molecule has 0 aliphatic rings. The van der Waals surface area contributed by atoms with Gasteiger partial charge in [-0.1, -0.05) is 63.2 Å². The van der Waals surface area contributed by atoms with Gasteiger partial charge in [-0.3, -0.25) is 4.79 Å². The van der Waals surface area contributed by atoms with E-state index in [9.17, 15) is 4.79 Å². The molecule has 0 unspecified atom stereocenters. The van der Waals surface area contributed by atoms with E-state index in [1.54, 1.807) is 42.6 Å². The summed E-state index contributed by atoms with van der Waals surface area (Å²) in [5.74, 6) is 1.42. The minimum Gasteiger partial charge on any atom is -0.484 e. The summed E-state index contributed by atoms with van der Waals surface area (Å²) >= 11 is 0. The number of hydrogen-bond acceptors (Lipinski definition) is 7. The van der Waals surface area contributed by atoms with Crippen molar-refractivity contribution < 1.29 is 18.7 Å². The Bertz CT molecular complexity index is 1560. The smallest absolute Gasteiger partial charge is 0.300 e. The molecule has 38 heavy (non-hydrogen) atoms. The van der Waals surface area contributed by atoms with Crippen LogP contribution >= 0.6 is 0 Å². The molecule has 3 aromatic carbocycles. The fourth-order valence-electron chi connectivity index (χ4n) is 3.92. The zero-order chi connectivity index (χ0) is 26.5. The molecule has 192 valence electrons. The molecule has 0 fully saturated rings. The maximum atomic E-state index is 12.5. The number of nitrogens with one attached hydrogen (secondary N) is 2. The molecular weight excluding hydrogens is 480 g/mol. The number of benzene rings is 3. The van der Waals surface area contributed by atoms with Crippen LogP contribution in [0.4, 0.5) is 17.4 Å². The molecule has 2 heterocycles. The molecule has 0 saturated carbocycles. The van der Waals surface area contributed by atoms with E-state index in [-0.39, 0.29) is 23.9 Å². The number of anilines is 3. The van der Waals surface area contributed by atoms with E-state index in [0.717, 1.165) is 11.3 Å². The predicted octanol–water partition coefficient (Wildman–Crippen LogP) is 7.07. The van der Waals surface area contributed by atoms with Gasteiger partial charge in [-0.2, -0.15) is 4.98 Å². The van der Waals surface area contributed by atoms with E-state index in [1.165, 1.54) is 0 Å². The van der Waals surface area contributed by atoms with Crippen molar-refractivity contribution in [3.05, 3.63) is 96.7 Å². The molecule has 0 aliphatic heterocycles. The second-order valence-electron chi connectivity index (χ2n) is 9.65. The molecule has 8 nitrogen and oxygen atoms in total. The first-order valence-electron chi connectivity index (χ1n) is 12.2. The molecule has 5 aromatic rings. The lowest BCUT2D eigenvalue weighted by Crippen LogP contribution is -2.20. The van der Waals surface area contributed by atoms with Crippen LogP contribution in [-0.2, 0) is 10.2 Å². The number of amides is 1. The molecule has 0 spiro atoms. The van der Waals surface area contributed by atoms with Crippen LogP contribution in [0.1, 0.15) is 26.3 Å². The van der Waals surface area contributed by atoms with Crippen molar-refractivity contribution in [3.63, 3.8) is 0 Å². The highest BCUT2D eigenvalue weighted by Crippen LogP contribution is 2.36. The van der Waals surface area contributed by atoms with Crippen LogP contribution in [0.25, 0.3) is 11.1 Å². The summed E-state index contributed by atoms with van der Waals surface area (Å²) < 4.78 is 17.7. The number of fused-ring (bicyclic) bond motifs is 1. The number of ether oxygens (including phenoxy) is 2. The van der Waals surface area contributed by atoms with Gasteiger partial charge < -0.3 is 24.5 Å². The number of aromatic nitrogens is 2. The fraction of sp³-hybridized carbons (Fsp3) is 0.167. The van der Waals surface area contributed by atoms with E-state index >= 15 is 0 Å². The van der Waals surface area contributed by atoms with Crippen molar-refractivity contribution in [2.45, 2.75) is 26.2 Å². The third-order valence-corrected chi connectivity index (χ3v) is 5.72. The van der Waals surface area contributed by atoms with Gasteiger partial charge in [0.1, 0.15) is 22.7 Å². The van der Waals surface area contributed by atoms with Crippen LogP contribution in [0.3, 0.4) is 0 Å². The van der Waals surface area contributed by atoms with E-state index in [0.29, 0.717) is 34.1 Å². The third kappa shape index (κ3) is 5.75. The maximum absolute atomic E-state index is 12.5. The lowest BCUT2D eigenvalue weighted by molar-refractivity contribution is -0.118. The zero-order valence-corrected chi connectivity index (χ0v) is 21.4. The fourth-order valence-corrected chi connectivity index (χ4v) is 3.92. The van der Waals surface area contributed by atoms with E-state index < -0.39 is 0 Å². The van der Waals surface area contributed by atoms with Gasteiger partial charge in [0.2, 0.25) is 5.88 Å². The topological polar surface area (TPSA) is 98.5 Å². The Morgan fingerprint density at radius 3 is 2.47 bits per heavy atom. The second-order valence-corrected chi connectivity index (χ2v) is 9.65. The summed E-state index contributed by atoms with van der Waals surface area (Å²) in [6, 6.07) is 26.3. The zero-order valence-electron chi connectivity index (χ0n) is 21.4. The Kier molecular flexibility index (Phi) is 6.95. The summed E-state index contributed by atoms with van der Waals surface area (Å²) in [4.78, 5) is 21.5. The number of rotatable bonds is 8. The lowest BCUT2D eigenvalue weighted by atomic mass is 9.86. The van der Waals surface area contributed by atoms with Gasteiger partial charge in [0, 0.05) is 11.8 Å². The van der Waals surface area contributed by atoms with Crippen molar-refractivity contribution >= 4 is 34.4 Å².